The van der Waals surface area contributed by atoms with Crippen molar-refractivity contribution in [3.05, 3.63) is 285 Å². The monoisotopic (exact) mass is 906 g/mol. The molecule has 13 rings (SSSR count). The number of fused-ring (bicyclic) bond motifs is 4. The molecule has 0 N–H and O–H groups in total. The van der Waals surface area contributed by atoms with Crippen molar-refractivity contribution in [2.24, 2.45) is 0 Å². The van der Waals surface area contributed by atoms with Crippen LogP contribution in [0.4, 0.5) is 68.2 Å². The maximum atomic E-state index is 2.54. The Labute approximate surface area is 416 Å². The van der Waals surface area contributed by atoms with Crippen LogP contribution in [0.15, 0.2) is 285 Å². The van der Waals surface area contributed by atoms with E-state index in [1.807, 2.05) is 0 Å². The Balaban J connectivity index is 1.14. The highest BCUT2D eigenvalue weighted by atomic mass is 15.2. The summed E-state index contributed by atoms with van der Waals surface area (Å²) in [6, 6.07) is 104. The van der Waals surface area contributed by atoms with E-state index in [-0.39, 0.29) is 6.71 Å². The fraction of sp³-hybridized carbons (Fsp3) is 0. The SMILES string of the molecule is c1ccc(-c2cccc(N3c4cc(-c5ccccc5)ccc4B4c5ccc(N(c6ccccc6)c6ccccc6)cc5N(c5ccccc5)c5cc(N(c6ccccc6)c6ccccc6)cc3c54)c2)cc1. The van der Waals surface area contributed by atoms with Crippen LogP contribution in [0.3, 0.4) is 0 Å². The third-order valence-electron chi connectivity index (χ3n) is 13.9. The van der Waals surface area contributed by atoms with Gasteiger partial charge < -0.3 is 19.6 Å². The molecule has 0 amide bonds. The van der Waals surface area contributed by atoms with Crippen LogP contribution >= 0.6 is 0 Å². The van der Waals surface area contributed by atoms with Crippen molar-refractivity contribution < 1.29 is 0 Å². The molecule has 0 bridgehead atoms. The zero-order valence-corrected chi connectivity index (χ0v) is 39.0. The summed E-state index contributed by atoms with van der Waals surface area (Å²) >= 11 is 0. The van der Waals surface area contributed by atoms with Crippen LogP contribution in [0.25, 0.3) is 22.3 Å². The molecular weight excluding hydrogens is 860 g/mol. The first-order valence-corrected chi connectivity index (χ1v) is 24.4. The molecule has 0 aromatic heterocycles. The van der Waals surface area contributed by atoms with E-state index in [1.165, 1.54) is 33.1 Å². The number of hydrogen-bond donors (Lipinski definition) is 0. The van der Waals surface area contributed by atoms with E-state index in [0.717, 1.165) is 73.8 Å². The van der Waals surface area contributed by atoms with Gasteiger partial charge in [-0.25, -0.2) is 0 Å². The largest absolute Gasteiger partial charge is 0.311 e. The molecule has 0 saturated carbocycles. The van der Waals surface area contributed by atoms with E-state index >= 15 is 0 Å². The average molecular weight is 907 g/mol. The minimum atomic E-state index is -0.102. The van der Waals surface area contributed by atoms with Crippen LogP contribution < -0.4 is 36.0 Å². The van der Waals surface area contributed by atoms with Gasteiger partial charge in [0.2, 0.25) is 0 Å². The van der Waals surface area contributed by atoms with Gasteiger partial charge in [-0.3, -0.25) is 0 Å². The predicted molar refractivity (Wildman–Crippen MR) is 301 cm³/mol. The quantitative estimate of drug-likeness (QED) is 0.127. The third kappa shape index (κ3) is 7.52. The summed E-state index contributed by atoms with van der Waals surface area (Å²) in [5.41, 5.74) is 21.6. The Hall–Kier alpha value is -9.32. The molecule has 0 unspecified atom stereocenters. The lowest BCUT2D eigenvalue weighted by Crippen LogP contribution is -2.61. The first-order valence-electron chi connectivity index (χ1n) is 24.4. The molecule has 71 heavy (non-hydrogen) atoms. The van der Waals surface area contributed by atoms with Gasteiger partial charge in [0.05, 0.1) is 5.69 Å². The van der Waals surface area contributed by atoms with E-state index in [9.17, 15) is 0 Å². The molecule has 2 aliphatic rings. The Morgan fingerprint density at radius 2 is 0.606 bits per heavy atom. The molecule has 11 aromatic rings. The smallest absolute Gasteiger partial charge is 0.252 e. The molecule has 0 radical (unpaired) electrons. The van der Waals surface area contributed by atoms with Gasteiger partial charge in [-0.05, 0) is 142 Å². The maximum absolute atomic E-state index is 2.54. The minimum absolute atomic E-state index is 0.102. The highest BCUT2D eigenvalue weighted by Gasteiger charge is 2.44. The summed E-state index contributed by atoms with van der Waals surface area (Å²) < 4.78 is 0. The summed E-state index contributed by atoms with van der Waals surface area (Å²) in [5, 5.41) is 0. The second-order valence-electron chi connectivity index (χ2n) is 18.1. The number of anilines is 12. The normalized spacial score (nSPS) is 12.1. The molecule has 0 atom stereocenters. The van der Waals surface area contributed by atoms with Gasteiger partial charge in [0.1, 0.15) is 0 Å². The highest BCUT2D eigenvalue weighted by molar-refractivity contribution is 7.00. The molecule has 5 heteroatoms. The van der Waals surface area contributed by atoms with Crippen molar-refractivity contribution in [1.82, 2.24) is 0 Å². The number of para-hydroxylation sites is 5. The lowest BCUT2D eigenvalue weighted by molar-refractivity contribution is 1.22. The third-order valence-corrected chi connectivity index (χ3v) is 13.9. The fourth-order valence-corrected chi connectivity index (χ4v) is 10.8. The van der Waals surface area contributed by atoms with E-state index in [0.29, 0.717) is 0 Å². The van der Waals surface area contributed by atoms with Crippen LogP contribution in [0.5, 0.6) is 0 Å². The molecule has 0 aliphatic carbocycles. The van der Waals surface area contributed by atoms with Crippen LogP contribution in [-0.2, 0) is 0 Å². The summed E-state index contributed by atoms with van der Waals surface area (Å²) in [5.74, 6) is 0. The van der Waals surface area contributed by atoms with E-state index < -0.39 is 0 Å². The van der Waals surface area contributed by atoms with Crippen LogP contribution in [0, 0.1) is 0 Å². The lowest BCUT2D eigenvalue weighted by Gasteiger charge is -2.45. The zero-order chi connectivity index (χ0) is 47.1. The van der Waals surface area contributed by atoms with Gasteiger partial charge in [-0.1, -0.05) is 182 Å². The van der Waals surface area contributed by atoms with Crippen molar-refractivity contribution in [3.8, 4) is 22.3 Å². The van der Waals surface area contributed by atoms with Crippen molar-refractivity contribution in [2.75, 3.05) is 19.6 Å². The first-order chi connectivity index (χ1) is 35.2. The zero-order valence-electron chi connectivity index (χ0n) is 39.0. The Morgan fingerprint density at radius 1 is 0.239 bits per heavy atom. The standard InChI is InChI=1S/C66H47BN4/c1-8-23-48(24-9-1)50-27-22-38-57(43-50)71-62-44-51(49-25-10-2-11-26-49)39-41-60(62)67-61-42-40-58(68(52-28-12-3-13-29-52)53-30-14-4-15-31-53)45-63(61)70(56-36-20-7-21-37-56)64-46-59(47-65(71)66(64)67)69(54-32-16-5-17-33-54)55-34-18-6-19-35-55/h1-47H. The Morgan fingerprint density at radius 3 is 1.11 bits per heavy atom. The molecule has 334 valence electrons. The van der Waals surface area contributed by atoms with Crippen molar-refractivity contribution in [2.45, 2.75) is 0 Å². The van der Waals surface area contributed by atoms with Gasteiger partial charge in [0.15, 0.2) is 0 Å². The number of benzene rings is 11. The van der Waals surface area contributed by atoms with E-state index in [4.69, 9.17) is 0 Å². The minimum Gasteiger partial charge on any atom is -0.311 e. The first kappa shape index (κ1) is 41.8. The van der Waals surface area contributed by atoms with Gasteiger partial charge in [0, 0.05) is 62.6 Å². The summed E-state index contributed by atoms with van der Waals surface area (Å²) in [6.07, 6.45) is 0. The van der Waals surface area contributed by atoms with Crippen LogP contribution in [0.2, 0.25) is 0 Å². The molecule has 0 fully saturated rings. The van der Waals surface area contributed by atoms with Crippen molar-refractivity contribution >= 4 is 91.3 Å². The molecule has 2 aliphatic heterocycles. The van der Waals surface area contributed by atoms with E-state index in [1.54, 1.807) is 0 Å². The number of nitrogens with zero attached hydrogens (tertiary/aromatic N) is 4. The van der Waals surface area contributed by atoms with Gasteiger partial charge in [-0.2, -0.15) is 0 Å². The fourth-order valence-electron chi connectivity index (χ4n) is 10.8. The van der Waals surface area contributed by atoms with Gasteiger partial charge >= 0.3 is 0 Å². The van der Waals surface area contributed by atoms with Crippen molar-refractivity contribution in [3.63, 3.8) is 0 Å². The Bertz CT molecular complexity index is 3570. The van der Waals surface area contributed by atoms with Crippen LogP contribution in [-0.4, -0.2) is 6.71 Å². The second kappa shape index (κ2) is 18.0. The summed E-state index contributed by atoms with van der Waals surface area (Å²) in [7, 11) is 0. The maximum Gasteiger partial charge on any atom is 0.252 e. The second-order valence-corrected chi connectivity index (χ2v) is 18.1. The highest BCUT2D eigenvalue weighted by Crippen LogP contribution is 2.50. The average Bonchev–Trinajstić information content (AvgIpc) is 3.45. The molecule has 4 nitrogen and oxygen atoms in total. The molecule has 11 aromatic carbocycles. The van der Waals surface area contributed by atoms with Crippen LogP contribution in [0.1, 0.15) is 0 Å². The van der Waals surface area contributed by atoms with Gasteiger partial charge in [-0.15, -0.1) is 0 Å². The Kier molecular flexibility index (Phi) is 10.6. The van der Waals surface area contributed by atoms with Crippen molar-refractivity contribution in [1.29, 1.82) is 0 Å². The number of rotatable bonds is 10. The molecule has 0 spiro atoms. The summed E-state index contributed by atoms with van der Waals surface area (Å²) in [4.78, 5) is 9.83. The number of hydrogen-bond acceptors (Lipinski definition) is 4. The van der Waals surface area contributed by atoms with E-state index in [2.05, 4.69) is 305 Å². The predicted octanol–water partition coefficient (Wildman–Crippen LogP) is 16.0. The summed E-state index contributed by atoms with van der Waals surface area (Å²) in [6.45, 7) is -0.102. The molecule has 0 saturated heterocycles. The molecular formula is C66H47BN4. The van der Waals surface area contributed by atoms with Gasteiger partial charge in [0.25, 0.3) is 6.71 Å². The lowest BCUT2D eigenvalue weighted by atomic mass is 9.33. The molecule has 2 heterocycles. The topological polar surface area (TPSA) is 13.0 Å².